The van der Waals surface area contributed by atoms with Crippen LogP contribution in [-0.2, 0) is 10.0 Å². The van der Waals surface area contributed by atoms with E-state index in [1.807, 2.05) is 31.2 Å². The molecular formula is C25H29N3O6S. The van der Waals surface area contributed by atoms with E-state index < -0.39 is 15.9 Å². The van der Waals surface area contributed by atoms with Gasteiger partial charge in [0.2, 0.25) is 0 Å². The lowest BCUT2D eigenvalue weighted by molar-refractivity contribution is 0.0867. The predicted octanol–water partition coefficient (Wildman–Crippen LogP) is 3.26. The van der Waals surface area contributed by atoms with Gasteiger partial charge in [0.25, 0.3) is 15.9 Å². The third kappa shape index (κ3) is 4.36. The quantitative estimate of drug-likeness (QED) is 0.439. The molecule has 3 heterocycles. The summed E-state index contributed by atoms with van der Waals surface area (Å²) in [6.45, 7) is 4.95. The number of para-hydroxylation sites is 2. The summed E-state index contributed by atoms with van der Waals surface area (Å²) in [5.74, 6) is -0.304. The number of sulfonamides is 1. The SMILES string of the molecule is CCOc1ccc2c(c1)C(=O)N(CCCCN1CCC(n3c(=O)oc4ccccc43)CC1)S2(=O)=O. The zero-order chi connectivity index (χ0) is 24.6. The summed E-state index contributed by atoms with van der Waals surface area (Å²) in [6.07, 6.45) is 3.06. The van der Waals surface area contributed by atoms with Crippen molar-refractivity contribution < 1.29 is 22.4 Å². The number of fused-ring (bicyclic) bond motifs is 2. The fourth-order valence-corrected chi connectivity index (χ4v) is 6.65. The molecule has 186 valence electrons. The van der Waals surface area contributed by atoms with Crippen LogP contribution in [-0.4, -0.2) is 60.9 Å². The van der Waals surface area contributed by atoms with Gasteiger partial charge in [-0.3, -0.25) is 9.36 Å². The molecule has 0 atom stereocenters. The Labute approximate surface area is 203 Å². The number of hydrogen-bond acceptors (Lipinski definition) is 7. The predicted molar refractivity (Wildman–Crippen MR) is 130 cm³/mol. The molecule has 2 aliphatic heterocycles. The third-order valence-electron chi connectivity index (χ3n) is 6.81. The minimum Gasteiger partial charge on any atom is -0.494 e. The van der Waals surface area contributed by atoms with Crippen LogP contribution >= 0.6 is 0 Å². The van der Waals surface area contributed by atoms with Gasteiger partial charge in [-0.05, 0) is 69.5 Å². The molecule has 2 aromatic carbocycles. The highest BCUT2D eigenvalue weighted by molar-refractivity contribution is 7.90. The molecule has 1 saturated heterocycles. The molecule has 0 spiro atoms. The van der Waals surface area contributed by atoms with E-state index in [4.69, 9.17) is 9.15 Å². The molecule has 2 aliphatic rings. The van der Waals surface area contributed by atoms with Crippen LogP contribution in [0.1, 0.15) is 49.0 Å². The van der Waals surface area contributed by atoms with Crippen LogP contribution < -0.4 is 10.5 Å². The Bertz CT molecular complexity index is 1400. The summed E-state index contributed by atoms with van der Waals surface area (Å²) in [5, 5.41) is 0. The van der Waals surface area contributed by atoms with Crippen molar-refractivity contribution in [2.45, 2.75) is 43.5 Å². The van der Waals surface area contributed by atoms with Crippen molar-refractivity contribution in [1.82, 2.24) is 13.8 Å². The Hall–Kier alpha value is -3.11. The van der Waals surface area contributed by atoms with Crippen molar-refractivity contribution in [2.75, 3.05) is 32.8 Å². The molecule has 5 rings (SSSR count). The largest absolute Gasteiger partial charge is 0.494 e. The van der Waals surface area contributed by atoms with E-state index >= 15 is 0 Å². The lowest BCUT2D eigenvalue weighted by Crippen LogP contribution is -2.37. The van der Waals surface area contributed by atoms with Crippen LogP contribution in [0, 0.1) is 0 Å². The number of oxazole rings is 1. The van der Waals surface area contributed by atoms with Gasteiger partial charge in [0.05, 0.1) is 17.7 Å². The second kappa shape index (κ2) is 9.50. The second-order valence-corrected chi connectivity index (χ2v) is 10.8. The fourth-order valence-electron chi connectivity index (χ4n) is 5.06. The smallest absolute Gasteiger partial charge is 0.420 e. The zero-order valence-corrected chi connectivity index (χ0v) is 20.5. The van der Waals surface area contributed by atoms with Crippen LogP contribution in [0.4, 0.5) is 0 Å². The first kappa shape index (κ1) is 23.6. The number of rotatable bonds is 8. The first-order valence-electron chi connectivity index (χ1n) is 12.1. The van der Waals surface area contributed by atoms with Gasteiger partial charge in [-0.1, -0.05) is 12.1 Å². The van der Waals surface area contributed by atoms with E-state index in [1.54, 1.807) is 10.6 Å². The van der Waals surface area contributed by atoms with Gasteiger partial charge in [0.15, 0.2) is 5.58 Å². The molecule has 1 amide bonds. The van der Waals surface area contributed by atoms with Crippen molar-refractivity contribution in [3.05, 3.63) is 58.6 Å². The van der Waals surface area contributed by atoms with Gasteiger partial charge in [-0.15, -0.1) is 0 Å². The Balaban J connectivity index is 1.13. The normalized spacial score (nSPS) is 18.3. The lowest BCUT2D eigenvalue weighted by Gasteiger charge is -2.32. The number of nitrogens with zero attached hydrogens (tertiary/aromatic N) is 3. The second-order valence-electron chi connectivity index (χ2n) is 8.96. The number of aromatic nitrogens is 1. The maximum Gasteiger partial charge on any atom is 0.420 e. The van der Waals surface area contributed by atoms with Gasteiger partial charge in [0, 0.05) is 25.7 Å². The number of ether oxygens (including phenoxy) is 1. The molecule has 1 fully saturated rings. The van der Waals surface area contributed by atoms with Gasteiger partial charge >= 0.3 is 5.76 Å². The molecule has 0 radical (unpaired) electrons. The summed E-state index contributed by atoms with van der Waals surface area (Å²) in [6, 6.07) is 12.1. The summed E-state index contributed by atoms with van der Waals surface area (Å²) in [7, 11) is -3.81. The van der Waals surface area contributed by atoms with Gasteiger partial charge in [-0.25, -0.2) is 17.5 Å². The Morgan fingerprint density at radius 2 is 1.77 bits per heavy atom. The molecule has 1 aromatic heterocycles. The number of carbonyl (C=O) groups excluding carboxylic acids is 1. The number of piperidine rings is 1. The third-order valence-corrected chi connectivity index (χ3v) is 8.65. The average molecular weight is 500 g/mol. The maximum atomic E-state index is 12.8. The molecular weight excluding hydrogens is 470 g/mol. The first-order chi connectivity index (χ1) is 16.9. The van der Waals surface area contributed by atoms with Crippen molar-refractivity contribution in [3.8, 4) is 5.75 Å². The molecule has 0 bridgehead atoms. The topological polar surface area (TPSA) is 102 Å². The monoisotopic (exact) mass is 499 g/mol. The molecule has 10 heteroatoms. The van der Waals surface area contributed by atoms with E-state index in [0.717, 1.165) is 48.7 Å². The number of likely N-dealkylation sites (tertiary alicyclic amines) is 1. The minimum atomic E-state index is -3.81. The first-order valence-corrected chi connectivity index (χ1v) is 13.5. The van der Waals surface area contributed by atoms with Crippen molar-refractivity contribution in [3.63, 3.8) is 0 Å². The van der Waals surface area contributed by atoms with Crippen LogP contribution in [0.2, 0.25) is 0 Å². The van der Waals surface area contributed by atoms with Gasteiger partial charge in [-0.2, -0.15) is 0 Å². The molecule has 35 heavy (non-hydrogen) atoms. The van der Waals surface area contributed by atoms with Crippen molar-refractivity contribution in [1.29, 1.82) is 0 Å². The molecule has 3 aromatic rings. The van der Waals surface area contributed by atoms with E-state index in [9.17, 15) is 18.0 Å². The van der Waals surface area contributed by atoms with E-state index in [-0.39, 0.29) is 28.8 Å². The lowest BCUT2D eigenvalue weighted by atomic mass is 10.0. The number of hydrogen-bond donors (Lipinski definition) is 0. The Morgan fingerprint density at radius 1 is 1.03 bits per heavy atom. The van der Waals surface area contributed by atoms with E-state index in [2.05, 4.69) is 4.90 Å². The number of carbonyl (C=O) groups is 1. The number of amides is 1. The van der Waals surface area contributed by atoms with E-state index in [1.165, 1.54) is 12.1 Å². The highest BCUT2D eigenvalue weighted by atomic mass is 32.2. The van der Waals surface area contributed by atoms with Crippen LogP contribution in [0.3, 0.4) is 0 Å². The molecule has 0 unspecified atom stereocenters. The number of unbranched alkanes of at least 4 members (excludes halogenated alkanes) is 1. The van der Waals surface area contributed by atoms with Crippen LogP contribution in [0.25, 0.3) is 11.1 Å². The number of benzene rings is 2. The standard InChI is InChI=1S/C25H29N3O6S/c1-2-33-19-9-10-23-20(17-19)24(29)27(35(23,31)32)14-6-5-13-26-15-11-18(12-16-26)28-21-7-3-4-8-22(21)34-25(28)30/h3-4,7-10,17-18H,2,5-6,11-16H2,1H3. The Kier molecular flexibility index (Phi) is 6.41. The van der Waals surface area contributed by atoms with Gasteiger partial charge < -0.3 is 14.1 Å². The molecule has 0 N–H and O–H groups in total. The highest BCUT2D eigenvalue weighted by Gasteiger charge is 2.41. The van der Waals surface area contributed by atoms with Gasteiger partial charge in [0.1, 0.15) is 10.6 Å². The van der Waals surface area contributed by atoms with E-state index in [0.29, 0.717) is 24.4 Å². The summed E-state index contributed by atoms with van der Waals surface area (Å²) in [4.78, 5) is 27.5. The average Bonchev–Trinajstić information content (AvgIpc) is 3.28. The summed E-state index contributed by atoms with van der Waals surface area (Å²) < 4.78 is 39.2. The van der Waals surface area contributed by atoms with Crippen molar-refractivity contribution in [2.24, 2.45) is 0 Å². The van der Waals surface area contributed by atoms with Crippen LogP contribution in [0.15, 0.2) is 56.6 Å². The van der Waals surface area contributed by atoms with Crippen LogP contribution in [0.5, 0.6) is 5.75 Å². The molecule has 9 nitrogen and oxygen atoms in total. The highest BCUT2D eigenvalue weighted by Crippen LogP contribution is 2.33. The summed E-state index contributed by atoms with van der Waals surface area (Å²) >= 11 is 0. The molecule has 0 aliphatic carbocycles. The summed E-state index contributed by atoms with van der Waals surface area (Å²) in [5.41, 5.74) is 1.63. The zero-order valence-electron chi connectivity index (χ0n) is 19.7. The maximum absolute atomic E-state index is 12.8. The fraction of sp³-hybridized carbons (Fsp3) is 0.440. The molecule has 0 saturated carbocycles. The Morgan fingerprint density at radius 3 is 2.54 bits per heavy atom. The van der Waals surface area contributed by atoms with Crippen molar-refractivity contribution >= 4 is 27.0 Å². The minimum absolute atomic E-state index is 0.0510.